The molecule has 1 aromatic carbocycles. The van der Waals surface area contributed by atoms with Crippen LogP contribution in [0.25, 0.3) is 0 Å². The number of esters is 1. The SMILES string of the molecule is COCOc1cc(OC(=O)C(C)(CC(C)(C)C)C(C)(C)C)cc(OCOC)c1OCOC. The van der Waals surface area contributed by atoms with Crippen LogP contribution < -0.4 is 18.9 Å². The molecule has 0 aliphatic rings. The summed E-state index contributed by atoms with van der Waals surface area (Å²) in [5, 5.41) is 0. The molecule has 184 valence electrons. The van der Waals surface area contributed by atoms with Crippen LogP contribution in [0.5, 0.6) is 23.0 Å². The van der Waals surface area contributed by atoms with Gasteiger partial charge in [0.05, 0.1) is 5.41 Å². The molecule has 0 saturated carbocycles. The van der Waals surface area contributed by atoms with Gasteiger partial charge < -0.3 is 33.2 Å². The Morgan fingerprint density at radius 3 is 1.56 bits per heavy atom. The maximum absolute atomic E-state index is 13.5. The van der Waals surface area contributed by atoms with Crippen LogP contribution in [0.4, 0.5) is 0 Å². The van der Waals surface area contributed by atoms with Gasteiger partial charge in [-0.2, -0.15) is 0 Å². The number of benzene rings is 1. The standard InChI is InChI=1S/C24H40O8/c1-22(2,3)13-24(7,23(4,5)6)21(25)32-17-11-18(29-14-26-8)20(31-16-28-10)19(12-17)30-15-27-9/h11-12H,13-16H2,1-10H3. The predicted molar refractivity (Wildman–Crippen MR) is 121 cm³/mol. The summed E-state index contributed by atoms with van der Waals surface area (Å²) in [6.45, 7) is 14.3. The number of ether oxygens (including phenoxy) is 7. The molecule has 0 saturated heterocycles. The van der Waals surface area contributed by atoms with Crippen molar-refractivity contribution in [1.82, 2.24) is 0 Å². The summed E-state index contributed by atoms with van der Waals surface area (Å²) in [5.41, 5.74) is -1.14. The monoisotopic (exact) mass is 456 g/mol. The number of hydrogen-bond donors (Lipinski definition) is 0. The summed E-state index contributed by atoms with van der Waals surface area (Å²) in [4.78, 5) is 13.5. The molecular weight excluding hydrogens is 416 g/mol. The molecule has 0 aliphatic heterocycles. The van der Waals surface area contributed by atoms with Gasteiger partial charge in [0.2, 0.25) is 5.75 Å². The van der Waals surface area contributed by atoms with Crippen molar-refractivity contribution in [3.63, 3.8) is 0 Å². The number of carbonyl (C=O) groups excluding carboxylic acids is 1. The molecule has 0 radical (unpaired) electrons. The molecule has 0 aromatic heterocycles. The third-order valence-electron chi connectivity index (χ3n) is 5.18. The summed E-state index contributed by atoms with van der Waals surface area (Å²) < 4.78 is 37.9. The summed E-state index contributed by atoms with van der Waals surface area (Å²) in [6, 6.07) is 3.14. The fourth-order valence-electron chi connectivity index (χ4n) is 3.25. The Bertz CT molecular complexity index is 703. The van der Waals surface area contributed by atoms with Gasteiger partial charge in [0.25, 0.3) is 0 Å². The van der Waals surface area contributed by atoms with Crippen LogP contribution >= 0.6 is 0 Å². The van der Waals surface area contributed by atoms with E-state index in [2.05, 4.69) is 20.8 Å². The Balaban J connectivity index is 3.41. The molecule has 1 atom stereocenters. The molecule has 1 unspecified atom stereocenters. The van der Waals surface area contributed by atoms with E-state index >= 15 is 0 Å². The third-order valence-corrected chi connectivity index (χ3v) is 5.18. The van der Waals surface area contributed by atoms with E-state index in [9.17, 15) is 4.79 Å². The second kappa shape index (κ2) is 11.7. The van der Waals surface area contributed by atoms with Crippen LogP contribution in [0.2, 0.25) is 0 Å². The van der Waals surface area contributed by atoms with E-state index in [1.54, 1.807) is 12.1 Å². The third kappa shape index (κ3) is 7.83. The number of carbonyl (C=O) groups is 1. The quantitative estimate of drug-likeness (QED) is 0.246. The topological polar surface area (TPSA) is 81.7 Å². The molecule has 1 aromatic rings. The lowest BCUT2D eigenvalue weighted by Crippen LogP contribution is -2.45. The van der Waals surface area contributed by atoms with Gasteiger partial charge in [0, 0.05) is 33.5 Å². The van der Waals surface area contributed by atoms with Crippen molar-refractivity contribution in [2.45, 2.75) is 54.9 Å². The van der Waals surface area contributed by atoms with Gasteiger partial charge >= 0.3 is 5.97 Å². The van der Waals surface area contributed by atoms with E-state index in [4.69, 9.17) is 33.2 Å². The zero-order valence-corrected chi connectivity index (χ0v) is 21.2. The van der Waals surface area contributed by atoms with Crippen LogP contribution in [-0.2, 0) is 19.0 Å². The molecule has 0 N–H and O–H groups in total. The largest absolute Gasteiger partial charge is 0.463 e. The van der Waals surface area contributed by atoms with E-state index in [1.807, 2.05) is 27.7 Å². The highest BCUT2D eigenvalue weighted by atomic mass is 16.7. The highest BCUT2D eigenvalue weighted by Gasteiger charge is 2.48. The average molecular weight is 457 g/mol. The van der Waals surface area contributed by atoms with Crippen LogP contribution in [-0.4, -0.2) is 47.7 Å². The molecule has 0 fully saturated rings. The van der Waals surface area contributed by atoms with Gasteiger partial charge in [-0.15, -0.1) is 0 Å². The van der Waals surface area contributed by atoms with E-state index in [0.29, 0.717) is 6.42 Å². The lowest BCUT2D eigenvalue weighted by molar-refractivity contribution is -0.154. The van der Waals surface area contributed by atoms with Crippen LogP contribution in [0, 0.1) is 16.2 Å². The Kier molecular flexibility index (Phi) is 10.3. The number of rotatable bonds is 12. The second-order valence-corrected chi connectivity index (χ2v) is 10.1. The number of hydrogen-bond acceptors (Lipinski definition) is 8. The first kappa shape index (κ1) is 28.0. The smallest absolute Gasteiger partial charge is 0.317 e. The van der Waals surface area contributed by atoms with Crippen LogP contribution in [0.1, 0.15) is 54.9 Å². The highest BCUT2D eigenvalue weighted by Crippen LogP contribution is 2.48. The molecule has 0 amide bonds. The highest BCUT2D eigenvalue weighted by molar-refractivity contribution is 5.80. The van der Waals surface area contributed by atoms with E-state index < -0.39 is 5.41 Å². The molecule has 0 bridgehead atoms. The zero-order chi connectivity index (χ0) is 24.6. The first-order valence-electron chi connectivity index (χ1n) is 10.5. The maximum atomic E-state index is 13.5. The van der Waals surface area contributed by atoms with Crippen molar-refractivity contribution in [1.29, 1.82) is 0 Å². The summed E-state index contributed by atoms with van der Waals surface area (Å²) in [5.74, 6) is 0.790. The van der Waals surface area contributed by atoms with Crippen molar-refractivity contribution < 1.29 is 38.0 Å². The summed E-state index contributed by atoms with van der Waals surface area (Å²) >= 11 is 0. The van der Waals surface area contributed by atoms with Gasteiger partial charge in [-0.05, 0) is 24.2 Å². The summed E-state index contributed by atoms with van der Waals surface area (Å²) in [7, 11) is 4.51. The normalized spacial score (nSPS) is 13.9. The van der Waals surface area contributed by atoms with Gasteiger partial charge in [-0.3, -0.25) is 4.79 Å². The first-order valence-corrected chi connectivity index (χ1v) is 10.5. The Labute approximate surface area is 192 Å². The molecular formula is C24H40O8. The molecule has 1 rings (SSSR count). The fraction of sp³-hybridized carbons (Fsp3) is 0.708. The van der Waals surface area contributed by atoms with E-state index in [-0.39, 0.29) is 60.2 Å². The molecule has 0 aliphatic carbocycles. The van der Waals surface area contributed by atoms with Crippen molar-refractivity contribution in [2.24, 2.45) is 16.2 Å². The average Bonchev–Trinajstić information content (AvgIpc) is 2.67. The molecule has 32 heavy (non-hydrogen) atoms. The van der Waals surface area contributed by atoms with Crippen LogP contribution in [0.3, 0.4) is 0 Å². The Hall–Kier alpha value is -2.03. The van der Waals surface area contributed by atoms with Crippen molar-refractivity contribution in [2.75, 3.05) is 41.7 Å². The van der Waals surface area contributed by atoms with Gasteiger partial charge in [0.15, 0.2) is 31.9 Å². The number of methoxy groups -OCH3 is 3. The van der Waals surface area contributed by atoms with Gasteiger partial charge in [-0.1, -0.05) is 41.5 Å². The van der Waals surface area contributed by atoms with Crippen molar-refractivity contribution >= 4 is 5.97 Å². The molecule has 8 heteroatoms. The minimum atomic E-state index is -0.739. The van der Waals surface area contributed by atoms with Crippen LogP contribution in [0.15, 0.2) is 12.1 Å². The fourth-order valence-corrected chi connectivity index (χ4v) is 3.25. The predicted octanol–water partition coefficient (Wildman–Crippen LogP) is 5.03. The molecule has 8 nitrogen and oxygen atoms in total. The molecule has 0 spiro atoms. The lowest BCUT2D eigenvalue weighted by Gasteiger charge is -2.43. The Morgan fingerprint density at radius 2 is 1.19 bits per heavy atom. The van der Waals surface area contributed by atoms with Gasteiger partial charge in [-0.25, -0.2) is 0 Å². The van der Waals surface area contributed by atoms with E-state index in [0.717, 1.165) is 0 Å². The van der Waals surface area contributed by atoms with Crippen molar-refractivity contribution in [3.05, 3.63) is 12.1 Å². The minimum Gasteiger partial charge on any atom is -0.463 e. The Morgan fingerprint density at radius 1 is 0.750 bits per heavy atom. The first-order chi connectivity index (χ1) is 14.8. The maximum Gasteiger partial charge on any atom is 0.317 e. The molecule has 0 heterocycles. The van der Waals surface area contributed by atoms with Gasteiger partial charge in [0.1, 0.15) is 5.75 Å². The summed E-state index contributed by atoms with van der Waals surface area (Å²) in [6.07, 6.45) is 0.650. The van der Waals surface area contributed by atoms with Crippen molar-refractivity contribution in [3.8, 4) is 23.0 Å². The minimum absolute atomic E-state index is 0.0283. The lowest BCUT2D eigenvalue weighted by atomic mass is 9.61. The second-order valence-electron chi connectivity index (χ2n) is 10.1. The van der Waals surface area contributed by atoms with E-state index in [1.165, 1.54) is 21.3 Å². The zero-order valence-electron chi connectivity index (χ0n) is 21.2.